The Morgan fingerprint density at radius 3 is 2.70 bits per heavy atom. The molecule has 0 N–H and O–H groups in total. The van der Waals surface area contributed by atoms with Gasteiger partial charge in [0.25, 0.3) is 0 Å². The van der Waals surface area contributed by atoms with Crippen LogP contribution in [-0.2, 0) is 4.74 Å². The fourth-order valence-electron chi connectivity index (χ4n) is 3.18. The highest BCUT2D eigenvalue weighted by Crippen LogP contribution is 2.39. The Morgan fingerprint density at radius 2 is 2.05 bits per heavy atom. The zero-order valence-corrected chi connectivity index (χ0v) is 11.6. The van der Waals surface area contributed by atoms with E-state index in [1.54, 1.807) is 12.1 Å². The predicted octanol–water partition coefficient (Wildman–Crippen LogP) is 2.65. The molecule has 2 aliphatic rings. The van der Waals surface area contributed by atoms with E-state index in [0.717, 1.165) is 26.3 Å². The van der Waals surface area contributed by atoms with Gasteiger partial charge in [-0.1, -0.05) is 0 Å². The van der Waals surface area contributed by atoms with Crippen LogP contribution in [0, 0.1) is 5.82 Å². The number of halogens is 1. The minimum atomic E-state index is -0.303. The van der Waals surface area contributed by atoms with Crippen molar-refractivity contribution in [3.8, 4) is 0 Å². The number of carbonyl (C=O) groups is 1. The van der Waals surface area contributed by atoms with Crippen molar-refractivity contribution in [1.82, 2.24) is 4.90 Å². The lowest BCUT2D eigenvalue weighted by Gasteiger charge is -2.52. The third-order valence-corrected chi connectivity index (χ3v) is 4.61. The minimum absolute atomic E-state index is 0.0889. The molecule has 1 saturated heterocycles. The van der Waals surface area contributed by atoms with Crippen molar-refractivity contribution in [2.75, 3.05) is 26.3 Å². The van der Waals surface area contributed by atoms with E-state index in [2.05, 4.69) is 4.90 Å². The average molecular weight is 277 g/mol. The fraction of sp³-hybridized carbons (Fsp3) is 0.562. The van der Waals surface area contributed by atoms with E-state index in [0.29, 0.717) is 12.0 Å². The van der Waals surface area contributed by atoms with Crippen molar-refractivity contribution in [3.05, 3.63) is 35.6 Å². The molecule has 1 aromatic carbocycles. The molecular weight excluding hydrogens is 257 g/mol. The number of rotatable bonds is 4. The Morgan fingerprint density at radius 1 is 1.30 bits per heavy atom. The largest absolute Gasteiger partial charge is 0.378 e. The molecule has 4 heteroatoms. The molecule has 1 saturated carbocycles. The van der Waals surface area contributed by atoms with Gasteiger partial charge in [0.1, 0.15) is 5.82 Å². The van der Waals surface area contributed by atoms with Gasteiger partial charge in [-0.2, -0.15) is 0 Å². The number of hydrogen-bond donors (Lipinski definition) is 0. The second-order valence-corrected chi connectivity index (χ2v) is 5.80. The first kappa shape index (κ1) is 13.7. The summed E-state index contributed by atoms with van der Waals surface area (Å²) in [6, 6.07) is 5.82. The number of benzene rings is 1. The van der Waals surface area contributed by atoms with Crippen LogP contribution in [0.4, 0.5) is 4.39 Å². The zero-order valence-electron chi connectivity index (χ0n) is 11.6. The molecule has 108 valence electrons. The highest BCUT2D eigenvalue weighted by Gasteiger charge is 2.44. The maximum absolute atomic E-state index is 12.8. The van der Waals surface area contributed by atoms with E-state index < -0.39 is 0 Å². The molecule has 0 unspecified atom stereocenters. The lowest BCUT2D eigenvalue weighted by molar-refractivity contribution is -0.106. The SMILES string of the molecule is O=C(CCN1CCOCC12CCC2)c1ccc(F)cc1. The quantitative estimate of drug-likeness (QED) is 0.792. The van der Waals surface area contributed by atoms with Crippen molar-refractivity contribution < 1.29 is 13.9 Å². The summed E-state index contributed by atoms with van der Waals surface area (Å²) < 4.78 is 18.4. The standard InChI is InChI=1S/C16H20FNO2/c17-14-4-2-13(3-5-14)15(19)6-9-18-10-11-20-12-16(18)7-1-8-16/h2-5H,1,6-12H2. The summed E-state index contributed by atoms with van der Waals surface area (Å²) in [5.74, 6) is -0.214. The van der Waals surface area contributed by atoms with Crippen LogP contribution in [0.15, 0.2) is 24.3 Å². The van der Waals surface area contributed by atoms with Crippen LogP contribution in [0.5, 0.6) is 0 Å². The molecule has 1 heterocycles. The first-order chi connectivity index (χ1) is 9.70. The highest BCUT2D eigenvalue weighted by molar-refractivity contribution is 5.96. The van der Waals surface area contributed by atoms with Crippen LogP contribution in [0.3, 0.4) is 0 Å². The maximum Gasteiger partial charge on any atom is 0.164 e. The summed E-state index contributed by atoms with van der Waals surface area (Å²) in [7, 11) is 0. The van der Waals surface area contributed by atoms with E-state index in [-0.39, 0.29) is 17.1 Å². The molecule has 1 spiro atoms. The molecule has 0 radical (unpaired) electrons. The molecule has 0 bridgehead atoms. The number of nitrogens with zero attached hydrogens (tertiary/aromatic N) is 1. The molecule has 0 atom stereocenters. The fourth-order valence-corrected chi connectivity index (χ4v) is 3.18. The number of morpholine rings is 1. The lowest BCUT2D eigenvalue weighted by atomic mass is 9.75. The second kappa shape index (κ2) is 5.62. The molecule has 3 rings (SSSR count). The maximum atomic E-state index is 12.8. The smallest absolute Gasteiger partial charge is 0.164 e. The zero-order chi connectivity index (χ0) is 14.0. The van der Waals surface area contributed by atoms with Gasteiger partial charge in [0.05, 0.1) is 13.2 Å². The Hall–Kier alpha value is -1.26. The van der Waals surface area contributed by atoms with Gasteiger partial charge in [0, 0.05) is 30.6 Å². The molecule has 1 aliphatic carbocycles. The van der Waals surface area contributed by atoms with E-state index in [1.165, 1.54) is 31.4 Å². The second-order valence-electron chi connectivity index (χ2n) is 5.80. The number of ether oxygens (including phenoxy) is 1. The summed E-state index contributed by atoms with van der Waals surface area (Å²) in [4.78, 5) is 14.6. The van der Waals surface area contributed by atoms with Crippen LogP contribution in [0.2, 0.25) is 0 Å². The van der Waals surface area contributed by atoms with Crippen molar-refractivity contribution >= 4 is 5.78 Å². The minimum Gasteiger partial charge on any atom is -0.378 e. The third-order valence-electron chi connectivity index (χ3n) is 4.61. The van der Waals surface area contributed by atoms with Crippen molar-refractivity contribution in [1.29, 1.82) is 0 Å². The first-order valence-corrected chi connectivity index (χ1v) is 7.31. The molecule has 20 heavy (non-hydrogen) atoms. The van der Waals surface area contributed by atoms with Crippen molar-refractivity contribution in [2.24, 2.45) is 0 Å². The van der Waals surface area contributed by atoms with E-state index in [1.807, 2.05) is 0 Å². The number of carbonyl (C=O) groups excluding carboxylic acids is 1. The van der Waals surface area contributed by atoms with Gasteiger partial charge in [-0.25, -0.2) is 4.39 Å². The summed E-state index contributed by atoms with van der Waals surface area (Å²) in [5, 5.41) is 0. The summed E-state index contributed by atoms with van der Waals surface area (Å²) in [6.07, 6.45) is 4.11. The first-order valence-electron chi connectivity index (χ1n) is 7.31. The molecule has 2 fully saturated rings. The Bertz CT molecular complexity index is 482. The van der Waals surface area contributed by atoms with Crippen molar-refractivity contribution in [2.45, 2.75) is 31.2 Å². The number of hydrogen-bond acceptors (Lipinski definition) is 3. The van der Waals surface area contributed by atoms with Crippen LogP contribution >= 0.6 is 0 Å². The molecule has 1 aromatic rings. The molecule has 0 amide bonds. The predicted molar refractivity (Wildman–Crippen MR) is 74.3 cm³/mol. The topological polar surface area (TPSA) is 29.5 Å². The summed E-state index contributed by atoms with van der Waals surface area (Å²) in [6.45, 7) is 3.25. The molecular formula is C16H20FNO2. The summed E-state index contributed by atoms with van der Waals surface area (Å²) in [5.41, 5.74) is 0.795. The third kappa shape index (κ3) is 2.63. The Balaban J connectivity index is 1.58. The van der Waals surface area contributed by atoms with Gasteiger partial charge in [0.2, 0.25) is 0 Å². The summed E-state index contributed by atoms with van der Waals surface area (Å²) >= 11 is 0. The van der Waals surface area contributed by atoms with Gasteiger partial charge in [-0.15, -0.1) is 0 Å². The van der Waals surface area contributed by atoms with Crippen LogP contribution in [0.1, 0.15) is 36.0 Å². The van der Waals surface area contributed by atoms with Gasteiger partial charge in [0.15, 0.2) is 5.78 Å². The van der Waals surface area contributed by atoms with Gasteiger partial charge >= 0.3 is 0 Å². The lowest BCUT2D eigenvalue weighted by Crippen LogP contribution is -2.61. The van der Waals surface area contributed by atoms with E-state index in [4.69, 9.17) is 4.74 Å². The normalized spacial score (nSPS) is 21.6. The number of Topliss-reactive ketones (excluding diaryl/α,β-unsaturated/α-hetero) is 1. The van der Waals surface area contributed by atoms with Crippen LogP contribution in [0.25, 0.3) is 0 Å². The van der Waals surface area contributed by atoms with Crippen LogP contribution < -0.4 is 0 Å². The van der Waals surface area contributed by atoms with E-state index in [9.17, 15) is 9.18 Å². The molecule has 3 nitrogen and oxygen atoms in total. The number of ketones is 1. The average Bonchev–Trinajstić information content (AvgIpc) is 2.44. The monoisotopic (exact) mass is 277 g/mol. The highest BCUT2D eigenvalue weighted by atomic mass is 19.1. The van der Waals surface area contributed by atoms with Gasteiger partial charge in [-0.3, -0.25) is 9.69 Å². The van der Waals surface area contributed by atoms with Crippen molar-refractivity contribution in [3.63, 3.8) is 0 Å². The molecule has 0 aromatic heterocycles. The Labute approximate surface area is 118 Å². The van der Waals surface area contributed by atoms with Gasteiger partial charge in [-0.05, 0) is 43.5 Å². The van der Waals surface area contributed by atoms with E-state index >= 15 is 0 Å². The van der Waals surface area contributed by atoms with Gasteiger partial charge < -0.3 is 4.74 Å². The van der Waals surface area contributed by atoms with Crippen LogP contribution in [-0.4, -0.2) is 42.5 Å². The Kier molecular flexibility index (Phi) is 3.85. The molecule has 1 aliphatic heterocycles.